The monoisotopic (exact) mass is 126 g/mol. The lowest BCUT2D eigenvalue weighted by Crippen LogP contribution is -1.36. The molecule has 0 saturated heterocycles. The van der Waals surface area contributed by atoms with Crippen LogP contribution >= 0.6 is 20.1 Å². The van der Waals surface area contributed by atoms with E-state index in [4.69, 9.17) is 21.4 Å². The van der Waals surface area contributed by atoms with Gasteiger partial charge < -0.3 is 0 Å². The molecule has 0 N–H and O–H groups in total. The quantitative estimate of drug-likeness (QED) is 0.424. The molecule has 0 heterocycles. The molecule has 0 aromatic rings. The van der Waals surface area contributed by atoms with Crippen molar-refractivity contribution in [1.29, 1.82) is 1.34 Å². The van der Waals surface area contributed by atoms with Crippen molar-refractivity contribution in [3.63, 3.8) is 0 Å². The van der Waals surface area contributed by atoms with Gasteiger partial charge in [-0.1, -0.05) is 6.82 Å². The average molecular weight is 127 g/mol. The molecule has 0 aromatic heterocycles. The van der Waals surface area contributed by atoms with Crippen molar-refractivity contribution in [2.75, 3.05) is 0 Å². The maximum Gasteiger partial charge on any atom is 0.495 e. The van der Waals surface area contributed by atoms with Gasteiger partial charge in [-0.05, 0) is 1.34 Å². The molecular weight excluding hydrogens is 121 g/mol. The van der Waals surface area contributed by atoms with Crippen LogP contribution in [0.4, 0.5) is 0 Å². The highest BCUT2D eigenvalue weighted by Gasteiger charge is 1.59. The first-order valence-electron chi connectivity index (χ1n) is 1.59. The third-order valence-electron chi connectivity index (χ3n) is 0. The summed E-state index contributed by atoms with van der Waals surface area (Å²) in [6.45, 7) is 1.67. The summed E-state index contributed by atoms with van der Waals surface area (Å²) in [5.41, 5.74) is 0. The van der Waals surface area contributed by atoms with E-state index in [2.05, 4.69) is 0 Å². The number of halogens is 2. The Balaban J connectivity index is 0. The smallest absolute Gasteiger partial charge is 0.248 e. The standard InChI is InChI=1S/CH4B.Al.2ClH/c1-2;;;/h2H,1H3;;2*1H/q;+2;;/p-2/i2T;;;. The Labute approximate surface area is 49.7 Å². The van der Waals surface area contributed by atoms with Crippen LogP contribution in [0.5, 0.6) is 0 Å². The summed E-state index contributed by atoms with van der Waals surface area (Å²) in [5, 5.41) is 0. The molecule has 0 aliphatic carbocycles. The molecule has 0 bridgehead atoms. The first-order chi connectivity index (χ1) is 2.83. The molecule has 0 aliphatic heterocycles. The first-order valence-corrected chi connectivity index (χ1v) is 4.51. The maximum absolute atomic E-state index is 6.08. The van der Waals surface area contributed by atoms with Crippen molar-refractivity contribution in [3.05, 3.63) is 0 Å². The summed E-state index contributed by atoms with van der Waals surface area (Å²) in [7, 11) is 10.9. The van der Waals surface area contributed by atoms with Gasteiger partial charge in [0.15, 0.2) is 0 Å². The Morgan fingerprint density at radius 2 is 2.00 bits per heavy atom. The van der Waals surface area contributed by atoms with Gasteiger partial charge in [0, 0.05) is 0 Å². The Bertz CT molecular complexity index is 15.5. The second-order valence-electron chi connectivity index (χ2n) is 0.0825. The highest BCUT2D eigenvalue weighted by atomic mass is 35.7. The molecule has 5 heavy (non-hydrogen) atoms. The van der Waals surface area contributed by atoms with Gasteiger partial charge in [-0.3, -0.25) is 0 Å². The van der Waals surface area contributed by atoms with E-state index < -0.39 is 0 Å². The zero-order chi connectivity index (χ0) is 5.41. The SMILES string of the molecule is [3H][B]C.[Cl][Al][Cl]. The van der Waals surface area contributed by atoms with Gasteiger partial charge in [0.05, 0.1) is 7.81 Å². The first kappa shape index (κ1) is 6.18. The van der Waals surface area contributed by atoms with E-state index in [9.17, 15) is 0 Å². The van der Waals surface area contributed by atoms with E-state index >= 15 is 0 Å². The molecule has 0 nitrogen and oxygen atoms in total. The molecule has 0 rings (SSSR count). The van der Waals surface area contributed by atoms with Crippen LogP contribution < -0.4 is 0 Å². The molecule has 0 aromatic carbocycles. The van der Waals surface area contributed by atoms with E-state index in [1.165, 1.54) is 7.81 Å². The molecule has 0 unspecified atom stereocenters. The molecule has 0 spiro atoms. The van der Waals surface area contributed by atoms with Crippen LogP contribution in [0.15, 0.2) is 0 Å². The Kier molecular flexibility index (Phi) is 23.5. The molecule has 0 fully saturated rings. The highest BCUT2D eigenvalue weighted by Crippen LogP contribution is 1.67. The van der Waals surface area contributed by atoms with Gasteiger partial charge in [0.2, 0.25) is 0 Å². The summed E-state index contributed by atoms with van der Waals surface area (Å²) in [4.78, 5) is 0. The van der Waals surface area contributed by atoms with Crippen LogP contribution in [0.2, 0.25) is 6.82 Å². The van der Waals surface area contributed by atoms with Crippen molar-refractivity contribution in [2.24, 2.45) is 0 Å². The van der Waals surface area contributed by atoms with Gasteiger partial charge in [-0.15, -0.1) is 0 Å². The van der Waals surface area contributed by atoms with Crippen LogP contribution in [0.25, 0.3) is 0 Å². The van der Waals surface area contributed by atoms with Crippen LogP contribution in [-0.4, -0.2) is 22.5 Å². The minimum Gasteiger partial charge on any atom is -0.248 e. The van der Waals surface area contributed by atoms with E-state index in [0.29, 0.717) is 0 Å². The summed E-state index contributed by atoms with van der Waals surface area (Å²) in [5.74, 6) is 0. The Morgan fingerprint density at radius 1 is 2.00 bits per heavy atom. The van der Waals surface area contributed by atoms with Crippen molar-refractivity contribution in [3.8, 4) is 0 Å². The van der Waals surface area contributed by atoms with Gasteiger partial charge in [-0.2, -0.15) is 0 Å². The second-order valence-corrected chi connectivity index (χ2v) is 2.23. The van der Waals surface area contributed by atoms with Gasteiger partial charge in [-0.25, -0.2) is 20.1 Å². The van der Waals surface area contributed by atoms with Crippen LogP contribution in [0.1, 0.15) is 0 Å². The molecule has 0 amide bonds. The van der Waals surface area contributed by atoms with Crippen molar-refractivity contribution in [1.82, 2.24) is 0 Å². The van der Waals surface area contributed by atoms with Crippen molar-refractivity contribution < 1.29 is 0 Å². The van der Waals surface area contributed by atoms with Crippen LogP contribution in [-0.2, 0) is 0 Å². The van der Waals surface area contributed by atoms with E-state index in [0.717, 1.165) is 0 Å². The van der Waals surface area contributed by atoms with Gasteiger partial charge >= 0.3 is 13.4 Å². The predicted octanol–water partition coefficient (Wildman–Crippen LogP) is 0.933. The summed E-state index contributed by atoms with van der Waals surface area (Å²) < 4.78 is 6.08. The summed E-state index contributed by atoms with van der Waals surface area (Å²) in [6, 6.07) is 0. The van der Waals surface area contributed by atoms with E-state index in [-0.39, 0.29) is 13.4 Å². The summed E-state index contributed by atoms with van der Waals surface area (Å²) >= 11 is -0.306. The van der Waals surface area contributed by atoms with Crippen LogP contribution in [0.3, 0.4) is 0 Å². The molecule has 0 aliphatic rings. The number of hydrogen-bond donors (Lipinski definition) is 0. The fraction of sp³-hybridized carbons (Fsp3) is 1.00. The minimum atomic E-state index is -0.306. The van der Waals surface area contributed by atoms with Crippen LogP contribution in [0, 0.1) is 0 Å². The topological polar surface area (TPSA) is 0 Å². The Morgan fingerprint density at radius 3 is 2.00 bits per heavy atom. The minimum absolute atomic E-state index is 0.306. The lowest BCUT2D eigenvalue weighted by molar-refractivity contribution is 2.40. The largest absolute Gasteiger partial charge is 0.495 e. The molecule has 4 heteroatoms. The number of hydrogen-bond acceptors (Lipinski definition) is 0. The lowest BCUT2D eigenvalue weighted by Gasteiger charge is -1.34. The van der Waals surface area contributed by atoms with Gasteiger partial charge in [0.25, 0.3) is 0 Å². The zero-order valence-corrected chi connectivity index (χ0v) is 5.58. The second kappa shape index (κ2) is 19.1. The number of rotatable bonds is 0. The predicted molar refractivity (Wildman–Crippen MR) is 30.5 cm³/mol. The summed E-state index contributed by atoms with van der Waals surface area (Å²) in [6.07, 6.45) is 0. The fourth-order valence-corrected chi connectivity index (χ4v) is 0. The van der Waals surface area contributed by atoms with Gasteiger partial charge in [0.1, 0.15) is 0 Å². The van der Waals surface area contributed by atoms with Crippen molar-refractivity contribution >= 4 is 41.3 Å². The third kappa shape index (κ3) is 37.7. The molecule has 0 atom stereocenters. The van der Waals surface area contributed by atoms with E-state index in [1.807, 2.05) is 0 Å². The fourth-order valence-electron chi connectivity index (χ4n) is 0. The normalized spacial score (nSPS) is 5.80. The zero-order valence-electron chi connectivity index (χ0n) is 3.91. The Hall–Kier alpha value is 1.18. The maximum atomic E-state index is 6.08. The average Bonchev–Trinajstić information content (AvgIpc) is 1.39. The van der Waals surface area contributed by atoms with Crippen molar-refractivity contribution in [2.45, 2.75) is 6.82 Å². The lowest BCUT2D eigenvalue weighted by atomic mass is 10.2. The molecule has 28 valence electrons. The third-order valence-corrected chi connectivity index (χ3v) is 0. The van der Waals surface area contributed by atoms with E-state index in [1.54, 1.807) is 6.82 Å². The molecular formula is CH4AlBCl2. The molecule has 2 radical (unpaired) electrons. The highest BCUT2D eigenvalue weighted by molar-refractivity contribution is 7.22. The molecule has 0 saturated carbocycles.